The van der Waals surface area contributed by atoms with E-state index >= 15 is 0 Å². The summed E-state index contributed by atoms with van der Waals surface area (Å²) in [6.07, 6.45) is 4.68. The summed E-state index contributed by atoms with van der Waals surface area (Å²) in [7, 11) is 0. The van der Waals surface area contributed by atoms with Gasteiger partial charge in [-0.15, -0.1) is 0 Å². The fourth-order valence-electron chi connectivity index (χ4n) is 2.15. The quantitative estimate of drug-likeness (QED) is 0.748. The molecule has 1 aromatic carbocycles. The first-order valence-electron chi connectivity index (χ1n) is 6.73. The SMILES string of the molecule is CCCCC(C)NC(CC)c1ccccc1O. The van der Waals surface area contributed by atoms with Crippen molar-refractivity contribution in [3.05, 3.63) is 29.8 Å². The van der Waals surface area contributed by atoms with E-state index in [1.165, 1.54) is 19.3 Å². The van der Waals surface area contributed by atoms with Gasteiger partial charge in [0.1, 0.15) is 5.75 Å². The van der Waals surface area contributed by atoms with E-state index in [1.54, 1.807) is 6.07 Å². The van der Waals surface area contributed by atoms with Crippen LogP contribution < -0.4 is 5.32 Å². The van der Waals surface area contributed by atoms with E-state index in [0.29, 0.717) is 11.8 Å². The van der Waals surface area contributed by atoms with Crippen LogP contribution in [0.5, 0.6) is 5.75 Å². The third-order valence-electron chi connectivity index (χ3n) is 3.20. The molecule has 2 atom stereocenters. The van der Waals surface area contributed by atoms with Crippen LogP contribution >= 0.6 is 0 Å². The van der Waals surface area contributed by atoms with Crippen LogP contribution in [0.2, 0.25) is 0 Å². The Morgan fingerprint density at radius 2 is 1.94 bits per heavy atom. The lowest BCUT2D eigenvalue weighted by Crippen LogP contribution is -2.30. The Morgan fingerprint density at radius 1 is 1.24 bits per heavy atom. The average Bonchev–Trinajstić information content (AvgIpc) is 2.34. The third kappa shape index (κ3) is 4.39. The fraction of sp³-hybridized carbons (Fsp3) is 0.600. The van der Waals surface area contributed by atoms with E-state index in [2.05, 4.69) is 26.1 Å². The number of phenols is 1. The van der Waals surface area contributed by atoms with Gasteiger partial charge in [-0.05, 0) is 25.8 Å². The maximum atomic E-state index is 9.86. The Balaban J connectivity index is 2.62. The molecule has 1 rings (SSSR count). The molecular formula is C15H25NO. The summed E-state index contributed by atoms with van der Waals surface area (Å²) in [5.41, 5.74) is 1.01. The predicted molar refractivity (Wildman–Crippen MR) is 73.3 cm³/mol. The normalized spacial score (nSPS) is 14.5. The van der Waals surface area contributed by atoms with E-state index in [0.717, 1.165) is 12.0 Å². The Kier molecular flexibility index (Phi) is 6.06. The van der Waals surface area contributed by atoms with Crippen LogP contribution in [0.1, 0.15) is 58.1 Å². The van der Waals surface area contributed by atoms with E-state index in [4.69, 9.17) is 0 Å². The molecular weight excluding hydrogens is 210 g/mol. The predicted octanol–water partition coefficient (Wildman–Crippen LogP) is 4.01. The second-order valence-electron chi connectivity index (χ2n) is 4.73. The highest BCUT2D eigenvalue weighted by atomic mass is 16.3. The minimum atomic E-state index is 0.253. The molecule has 0 amide bonds. The minimum absolute atomic E-state index is 0.253. The van der Waals surface area contributed by atoms with E-state index in [1.807, 2.05) is 18.2 Å². The molecule has 2 N–H and O–H groups in total. The largest absolute Gasteiger partial charge is 0.508 e. The van der Waals surface area contributed by atoms with Gasteiger partial charge in [0, 0.05) is 17.6 Å². The van der Waals surface area contributed by atoms with Crippen LogP contribution in [0.25, 0.3) is 0 Å². The van der Waals surface area contributed by atoms with E-state index in [9.17, 15) is 5.11 Å². The first-order valence-corrected chi connectivity index (χ1v) is 6.73. The molecule has 2 nitrogen and oxygen atoms in total. The number of hydrogen-bond donors (Lipinski definition) is 2. The molecule has 2 unspecified atom stereocenters. The molecule has 0 fully saturated rings. The fourth-order valence-corrected chi connectivity index (χ4v) is 2.15. The van der Waals surface area contributed by atoms with Crippen LogP contribution in [0.3, 0.4) is 0 Å². The molecule has 0 aliphatic rings. The lowest BCUT2D eigenvalue weighted by molar-refractivity contribution is 0.398. The Labute approximate surface area is 105 Å². The first kappa shape index (κ1) is 14.0. The number of hydrogen-bond acceptors (Lipinski definition) is 2. The average molecular weight is 235 g/mol. The molecule has 96 valence electrons. The van der Waals surface area contributed by atoms with Crippen LogP contribution in [0.15, 0.2) is 24.3 Å². The van der Waals surface area contributed by atoms with Crippen LogP contribution in [0.4, 0.5) is 0 Å². The summed E-state index contributed by atoms with van der Waals surface area (Å²) in [6.45, 7) is 6.59. The number of para-hydroxylation sites is 1. The monoisotopic (exact) mass is 235 g/mol. The zero-order valence-corrected chi connectivity index (χ0v) is 11.2. The number of benzene rings is 1. The number of nitrogens with one attached hydrogen (secondary N) is 1. The van der Waals surface area contributed by atoms with Crippen LogP contribution in [-0.2, 0) is 0 Å². The van der Waals surface area contributed by atoms with E-state index in [-0.39, 0.29) is 6.04 Å². The molecule has 2 heteroatoms. The summed E-state index contributed by atoms with van der Waals surface area (Å²) in [5, 5.41) is 13.5. The molecule has 0 spiro atoms. The van der Waals surface area contributed by atoms with Crippen molar-refractivity contribution in [1.82, 2.24) is 5.32 Å². The molecule has 0 aliphatic heterocycles. The molecule has 0 bridgehead atoms. The smallest absolute Gasteiger partial charge is 0.120 e. The third-order valence-corrected chi connectivity index (χ3v) is 3.20. The Morgan fingerprint density at radius 3 is 2.53 bits per heavy atom. The van der Waals surface area contributed by atoms with Crippen LogP contribution in [-0.4, -0.2) is 11.1 Å². The summed E-state index contributed by atoms with van der Waals surface area (Å²) < 4.78 is 0. The van der Waals surface area contributed by atoms with Crippen molar-refractivity contribution in [3.8, 4) is 5.75 Å². The summed E-state index contributed by atoms with van der Waals surface area (Å²) in [5.74, 6) is 0.398. The van der Waals surface area contributed by atoms with Gasteiger partial charge >= 0.3 is 0 Å². The van der Waals surface area contributed by atoms with Gasteiger partial charge in [0.2, 0.25) is 0 Å². The van der Waals surface area contributed by atoms with Gasteiger partial charge in [-0.2, -0.15) is 0 Å². The van der Waals surface area contributed by atoms with Gasteiger partial charge in [-0.3, -0.25) is 0 Å². The summed E-state index contributed by atoms with van der Waals surface area (Å²) in [6, 6.07) is 8.37. The zero-order chi connectivity index (χ0) is 12.7. The molecule has 0 saturated carbocycles. The zero-order valence-electron chi connectivity index (χ0n) is 11.2. The molecule has 0 aliphatic carbocycles. The highest BCUT2D eigenvalue weighted by molar-refractivity contribution is 5.34. The van der Waals surface area contributed by atoms with Crippen molar-refractivity contribution in [3.63, 3.8) is 0 Å². The number of rotatable bonds is 7. The molecule has 0 aromatic heterocycles. The number of aromatic hydroxyl groups is 1. The van der Waals surface area contributed by atoms with Crippen molar-refractivity contribution >= 4 is 0 Å². The number of unbranched alkanes of at least 4 members (excludes halogenated alkanes) is 1. The standard InChI is InChI=1S/C15H25NO/c1-4-6-9-12(3)16-14(5-2)13-10-7-8-11-15(13)17/h7-8,10-12,14,16-17H,4-6,9H2,1-3H3. The molecule has 0 heterocycles. The van der Waals surface area contributed by atoms with Gasteiger partial charge in [-0.1, -0.05) is 44.9 Å². The lowest BCUT2D eigenvalue weighted by atomic mass is 10.0. The van der Waals surface area contributed by atoms with Gasteiger partial charge in [0.15, 0.2) is 0 Å². The van der Waals surface area contributed by atoms with Crippen molar-refractivity contribution in [2.24, 2.45) is 0 Å². The first-order chi connectivity index (χ1) is 8.19. The highest BCUT2D eigenvalue weighted by Crippen LogP contribution is 2.26. The molecule has 0 radical (unpaired) electrons. The van der Waals surface area contributed by atoms with Gasteiger partial charge in [-0.25, -0.2) is 0 Å². The molecule has 1 aromatic rings. The summed E-state index contributed by atoms with van der Waals surface area (Å²) in [4.78, 5) is 0. The Hall–Kier alpha value is -1.02. The van der Waals surface area contributed by atoms with Crippen molar-refractivity contribution in [2.45, 2.75) is 58.5 Å². The van der Waals surface area contributed by atoms with Gasteiger partial charge in [0.05, 0.1) is 0 Å². The molecule has 0 saturated heterocycles. The van der Waals surface area contributed by atoms with Crippen molar-refractivity contribution in [1.29, 1.82) is 0 Å². The van der Waals surface area contributed by atoms with Crippen molar-refractivity contribution < 1.29 is 5.11 Å². The van der Waals surface area contributed by atoms with Gasteiger partial charge < -0.3 is 10.4 Å². The molecule has 17 heavy (non-hydrogen) atoms. The second-order valence-corrected chi connectivity index (χ2v) is 4.73. The lowest BCUT2D eigenvalue weighted by Gasteiger charge is -2.23. The van der Waals surface area contributed by atoms with E-state index < -0.39 is 0 Å². The second kappa shape index (κ2) is 7.33. The highest BCUT2D eigenvalue weighted by Gasteiger charge is 2.14. The summed E-state index contributed by atoms with van der Waals surface area (Å²) >= 11 is 0. The topological polar surface area (TPSA) is 32.3 Å². The minimum Gasteiger partial charge on any atom is -0.508 e. The van der Waals surface area contributed by atoms with Crippen molar-refractivity contribution in [2.75, 3.05) is 0 Å². The maximum Gasteiger partial charge on any atom is 0.120 e. The van der Waals surface area contributed by atoms with Gasteiger partial charge in [0.25, 0.3) is 0 Å². The Bertz CT molecular complexity index is 324. The van der Waals surface area contributed by atoms with Crippen LogP contribution in [0, 0.1) is 0 Å². The maximum absolute atomic E-state index is 9.86. The number of phenolic OH excluding ortho intramolecular Hbond substituents is 1.